The fraction of sp³-hybridized carbons (Fsp3) is 0.900. The van der Waals surface area contributed by atoms with Crippen LogP contribution in [0.25, 0.3) is 0 Å². The van der Waals surface area contributed by atoms with Crippen LogP contribution in [0.1, 0.15) is 12.8 Å². The molecular weight excluding hydrogens is 237 g/mol. The summed E-state index contributed by atoms with van der Waals surface area (Å²) in [6.45, 7) is 0.0817. The van der Waals surface area contributed by atoms with E-state index in [1.807, 2.05) is 0 Å². The average molecular weight is 252 g/mol. The number of morpholine rings is 1. The maximum atomic E-state index is 12.3. The van der Waals surface area contributed by atoms with Crippen LogP contribution < -0.4 is 5.32 Å². The van der Waals surface area contributed by atoms with Crippen molar-refractivity contribution in [1.82, 2.24) is 10.2 Å². The highest BCUT2D eigenvalue weighted by atomic mass is 19.4. The lowest BCUT2D eigenvalue weighted by atomic mass is 9.91. The molecule has 0 aliphatic carbocycles. The van der Waals surface area contributed by atoms with Crippen molar-refractivity contribution in [2.75, 3.05) is 32.8 Å². The number of halogens is 3. The van der Waals surface area contributed by atoms with Gasteiger partial charge >= 0.3 is 6.18 Å². The smallest absolute Gasteiger partial charge is 0.362 e. The SMILES string of the molecule is O=C1N(CC(F)(F)F)CCOC12CCCNC2. The molecule has 1 unspecified atom stereocenters. The number of rotatable bonds is 1. The Morgan fingerprint density at radius 2 is 2.24 bits per heavy atom. The average Bonchev–Trinajstić information content (AvgIpc) is 2.25. The topological polar surface area (TPSA) is 41.6 Å². The lowest BCUT2D eigenvalue weighted by molar-refractivity contribution is -0.194. The molecular formula is C10H15F3N2O2. The van der Waals surface area contributed by atoms with E-state index in [1.54, 1.807) is 0 Å². The van der Waals surface area contributed by atoms with Crippen molar-refractivity contribution in [3.63, 3.8) is 0 Å². The molecule has 0 aromatic heterocycles. The number of ether oxygens (including phenoxy) is 1. The molecule has 1 spiro atoms. The molecule has 0 bridgehead atoms. The van der Waals surface area contributed by atoms with E-state index in [0.717, 1.165) is 17.9 Å². The van der Waals surface area contributed by atoms with Gasteiger partial charge in [-0.15, -0.1) is 0 Å². The van der Waals surface area contributed by atoms with E-state index in [-0.39, 0.29) is 13.2 Å². The van der Waals surface area contributed by atoms with Crippen molar-refractivity contribution >= 4 is 5.91 Å². The van der Waals surface area contributed by atoms with Crippen molar-refractivity contribution < 1.29 is 22.7 Å². The molecule has 2 rings (SSSR count). The summed E-state index contributed by atoms with van der Waals surface area (Å²) in [6, 6.07) is 0. The van der Waals surface area contributed by atoms with E-state index in [4.69, 9.17) is 4.74 Å². The number of piperidine rings is 1. The Kier molecular flexibility index (Phi) is 3.31. The molecule has 2 fully saturated rings. The normalized spacial score (nSPS) is 31.0. The molecule has 0 aromatic carbocycles. The lowest BCUT2D eigenvalue weighted by Gasteiger charge is -2.43. The Labute approximate surface area is 97.1 Å². The van der Waals surface area contributed by atoms with Crippen LogP contribution in [-0.4, -0.2) is 55.4 Å². The van der Waals surface area contributed by atoms with E-state index in [2.05, 4.69) is 5.32 Å². The van der Waals surface area contributed by atoms with Crippen LogP contribution in [0.15, 0.2) is 0 Å². The number of hydrogen-bond acceptors (Lipinski definition) is 3. The van der Waals surface area contributed by atoms with Crippen LogP contribution in [0.4, 0.5) is 13.2 Å². The van der Waals surface area contributed by atoms with Gasteiger partial charge in [0.2, 0.25) is 0 Å². The molecule has 2 saturated heterocycles. The van der Waals surface area contributed by atoms with Gasteiger partial charge in [0.1, 0.15) is 6.54 Å². The van der Waals surface area contributed by atoms with Crippen LogP contribution >= 0.6 is 0 Å². The summed E-state index contributed by atoms with van der Waals surface area (Å²) in [4.78, 5) is 12.9. The second kappa shape index (κ2) is 4.45. The van der Waals surface area contributed by atoms with Gasteiger partial charge in [-0.2, -0.15) is 13.2 Å². The van der Waals surface area contributed by atoms with Gasteiger partial charge in [-0.05, 0) is 19.4 Å². The van der Waals surface area contributed by atoms with Gasteiger partial charge < -0.3 is 15.0 Å². The minimum atomic E-state index is -4.35. The molecule has 0 aromatic rings. The number of nitrogens with one attached hydrogen (secondary N) is 1. The standard InChI is InChI=1S/C10H15F3N2O2/c11-10(12,13)7-15-4-5-17-9(8(15)16)2-1-3-14-6-9/h14H,1-7H2. The van der Waals surface area contributed by atoms with Crippen molar-refractivity contribution in [2.24, 2.45) is 0 Å². The Morgan fingerprint density at radius 1 is 1.47 bits per heavy atom. The van der Waals surface area contributed by atoms with Crippen molar-refractivity contribution in [1.29, 1.82) is 0 Å². The zero-order valence-corrected chi connectivity index (χ0v) is 9.35. The van der Waals surface area contributed by atoms with Crippen molar-refractivity contribution in [2.45, 2.75) is 24.6 Å². The van der Waals surface area contributed by atoms with Crippen molar-refractivity contribution in [3.05, 3.63) is 0 Å². The van der Waals surface area contributed by atoms with Gasteiger partial charge in [-0.1, -0.05) is 0 Å². The van der Waals surface area contributed by atoms with E-state index in [1.165, 1.54) is 0 Å². The summed E-state index contributed by atoms with van der Waals surface area (Å²) in [5.41, 5.74) is -1.07. The summed E-state index contributed by atoms with van der Waals surface area (Å²) in [6.07, 6.45) is -3.12. The zero-order chi connectivity index (χ0) is 12.5. The molecule has 1 atom stereocenters. The maximum Gasteiger partial charge on any atom is 0.406 e. The third kappa shape index (κ3) is 2.71. The van der Waals surface area contributed by atoms with E-state index in [0.29, 0.717) is 13.0 Å². The zero-order valence-electron chi connectivity index (χ0n) is 9.35. The maximum absolute atomic E-state index is 12.3. The molecule has 0 radical (unpaired) electrons. The van der Waals surface area contributed by atoms with E-state index in [9.17, 15) is 18.0 Å². The Balaban J connectivity index is 2.08. The quantitative estimate of drug-likeness (QED) is 0.740. The second-order valence-corrected chi connectivity index (χ2v) is 4.46. The van der Waals surface area contributed by atoms with Crippen LogP contribution in [0.3, 0.4) is 0 Å². The fourth-order valence-corrected chi connectivity index (χ4v) is 2.35. The highest BCUT2D eigenvalue weighted by Crippen LogP contribution is 2.28. The molecule has 17 heavy (non-hydrogen) atoms. The molecule has 2 heterocycles. The Bertz CT molecular complexity index is 295. The van der Waals surface area contributed by atoms with Crippen LogP contribution in [0.5, 0.6) is 0 Å². The number of hydrogen-bond donors (Lipinski definition) is 1. The first-order valence-corrected chi connectivity index (χ1v) is 5.64. The molecule has 1 N–H and O–H groups in total. The molecule has 7 heteroatoms. The fourth-order valence-electron chi connectivity index (χ4n) is 2.35. The third-order valence-corrected chi connectivity index (χ3v) is 3.13. The second-order valence-electron chi connectivity index (χ2n) is 4.46. The summed E-state index contributed by atoms with van der Waals surface area (Å²) in [7, 11) is 0. The minimum Gasteiger partial charge on any atom is -0.362 e. The molecule has 98 valence electrons. The van der Waals surface area contributed by atoms with Crippen LogP contribution in [0, 0.1) is 0 Å². The van der Waals surface area contributed by atoms with Gasteiger partial charge in [-0.3, -0.25) is 4.79 Å². The van der Waals surface area contributed by atoms with Crippen LogP contribution in [-0.2, 0) is 9.53 Å². The van der Waals surface area contributed by atoms with Crippen molar-refractivity contribution in [3.8, 4) is 0 Å². The van der Waals surface area contributed by atoms with Gasteiger partial charge in [-0.25, -0.2) is 0 Å². The summed E-state index contributed by atoms with van der Waals surface area (Å²) >= 11 is 0. The molecule has 2 aliphatic rings. The number of carbonyl (C=O) groups is 1. The van der Waals surface area contributed by atoms with Gasteiger partial charge in [0.15, 0.2) is 5.60 Å². The van der Waals surface area contributed by atoms with Gasteiger partial charge in [0.25, 0.3) is 5.91 Å². The summed E-state index contributed by atoms with van der Waals surface area (Å²) in [5, 5.41) is 3.01. The summed E-state index contributed by atoms with van der Waals surface area (Å²) in [5.74, 6) is -0.534. The number of nitrogens with zero attached hydrogens (tertiary/aromatic N) is 1. The predicted octanol–water partition coefficient (Wildman–Crippen LogP) is 0.530. The van der Waals surface area contributed by atoms with E-state index < -0.39 is 24.2 Å². The lowest BCUT2D eigenvalue weighted by Crippen LogP contribution is -2.63. The first kappa shape index (κ1) is 12.6. The summed E-state index contributed by atoms with van der Waals surface area (Å²) < 4.78 is 42.4. The number of alkyl halides is 3. The largest absolute Gasteiger partial charge is 0.406 e. The molecule has 0 saturated carbocycles. The molecule has 2 aliphatic heterocycles. The monoisotopic (exact) mass is 252 g/mol. The molecule has 1 amide bonds. The Hall–Kier alpha value is -0.820. The highest BCUT2D eigenvalue weighted by Gasteiger charge is 2.48. The first-order valence-electron chi connectivity index (χ1n) is 5.64. The highest BCUT2D eigenvalue weighted by molar-refractivity contribution is 5.86. The predicted molar refractivity (Wildman–Crippen MR) is 53.4 cm³/mol. The van der Waals surface area contributed by atoms with E-state index >= 15 is 0 Å². The third-order valence-electron chi connectivity index (χ3n) is 3.13. The van der Waals surface area contributed by atoms with Gasteiger partial charge in [0.05, 0.1) is 6.61 Å². The van der Waals surface area contributed by atoms with Gasteiger partial charge in [0, 0.05) is 13.1 Å². The number of carbonyl (C=O) groups excluding carboxylic acids is 1. The van der Waals surface area contributed by atoms with Crippen LogP contribution in [0.2, 0.25) is 0 Å². The number of amides is 1. The Morgan fingerprint density at radius 3 is 2.82 bits per heavy atom. The minimum absolute atomic E-state index is 0.0140. The molecule has 4 nitrogen and oxygen atoms in total. The first-order chi connectivity index (χ1) is 7.93.